The van der Waals surface area contributed by atoms with Gasteiger partial charge in [-0.25, -0.2) is 15.0 Å². The number of hydrogen-bond donors (Lipinski definition) is 0. The maximum Gasteiger partial charge on any atom is 0.224 e. The summed E-state index contributed by atoms with van der Waals surface area (Å²) in [6.45, 7) is 0. The van der Waals surface area contributed by atoms with Crippen LogP contribution in [0.5, 0.6) is 0 Å². The monoisotopic (exact) mass is 217 g/mol. The molecule has 0 aliphatic rings. The van der Waals surface area contributed by atoms with E-state index in [1.807, 2.05) is 6.26 Å². The van der Waals surface area contributed by atoms with Gasteiger partial charge in [-0.05, 0) is 17.9 Å². The van der Waals surface area contributed by atoms with Gasteiger partial charge in [-0.3, -0.25) is 0 Å². The van der Waals surface area contributed by atoms with Crippen molar-refractivity contribution in [1.82, 2.24) is 15.0 Å². The first kappa shape index (κ1) is 8.22. The smallest absolute Gasteiger partial charge is 0.224 e. The largest absolute Gasteiger partial charge is 0.240 e. The fraction of sp³-hybridized carbons (Fsp3) is 0.167. The third kappa shape index (κ3) is 1.28. The number of nitrogens with zero attached hydrogens (tertiary/aromatic N) is 3. The molecule has 0 aliphatic carbocycles. The van der Waals surface area contributed by atoms with E-state index in [0.717, 1.165) is 15.4 Å². The molecule has 2 aromatic rings. The summed E-state index contributed by atoms with van der Waals surface area (Å²) in [5, 5.41) is 1.13. The minimum Gasteiger partial charge on any atom is -0.240 e. The van der Waals surface area contributed by atoms with Gasteiger partial charge in [0, 0.05) is 0 Å². The summed E-state index contributed by atoms with van der Waals surface area (Å²) in [7, 11) is 0. The molecule has 2 heterocycles. The molecule has 0 aromatic carbocycles. The standard InChI is InChI=1S/C6H4ClN3S2/c1-11-4-3-5(12-2-8-3)10-6(7)9-4/h2H,1H3. The molecule has 2 rings (SSSR count). The molecule has 62 valence electrons. The topological polar surface area (TPSA) is 38.7 Å². The van der Waals surface area contributed by atoms with Gasteiger partial charge in [-0.15, -0.1) is 23.1 Å². The van der Waals surface area contributed by atoms with Crippen LogP contribution >= 0.6 is 34.7 Å². The lowest BCUT2D eigenvalue weighted by Crippen LogP contribution is -1.86. The van der Waals surface area contributed by atoms with Gasteiger partial charge in [0.25, 0.3) is 0 Å². The Morgan fingerprint density at radius 1 is 1.50 bits per heavy atom. The van der Waals surface area contributed by atoms with Crippen LogP contribution in [-0.4, -0.2) is 21.2 Å². The van der Waals surface area contributed by atoms with Crippen LogP contribution in [-0.2, 0) is 0 Å². The summed E-state index contributed by atoms with van der Waals surface area (Å²) in [4.78, 5) is 13.1. The number of fused-ring (bicyclic) bond motifs is 1. The number of hydrogen-bond acceptors (Lipinski definition) is 5. The summed E-state index contributed by atoms with van der Waals surface area (Å²) in [6, 6.07) is 0. The predicted molar refractivity (Wildman–Crippen MR) is 52.0 cm³/mol. The molecule has 0 spiro atoms. The first-order chi connectivity index (χ1) is 5.81. The molecular formula is C6H4ClN3S2. The predicted octanol–water partition coefficient (Wildman–Crippen LogP) is 2.46. The van der Waals surface area contributed by atoms with Crippen molar-refractivity contribution in [3.63, 3.8) is 0 Å². The van der Waals surface area contributed by atoms with Gasteiger partial charge >= 0.3 is 0 Å². The van der Waals surface area contributed by atoms with E-state index < -0.39 is 0 Å². The molecule has 0 saturated heterocycles. The first-order valence-electron chi connectivity index (χ1n) is 3.12. The highest BCUT2D eigenvalue weighted by Gasteiger charge is 2.07. The Labute approximate surface area is 82.2 Å². The lowest BCUT2D eigenvalue weighted by molar-refractivity contribution is 1.10. The highest BCUT2D eigenvalue weighted by atomic mass is 35.5. The molecule has 2 aromatic heterocycles. The van der Waals surface area contributed by atoms with Gasteiger partial charge in [0.2, 0.25) is 5.28 Å². The van der Waals surface area contributed by atoms with E-state index in [1.54, 1.807) is 5.51 Å². The van der Waals surface area contributed by atoms with Gasteiger partial charge in [-0.2, -0.15) is 0 Å². The number of rotatable bonds is 1. The third-order valence-corrected chi connectivity index (χ3v) is 2.89. The maximum atomic E-state index is 5.70. The zero-order valence-electron chi connectivity index (χ0n) is 6.11. The van der Waals surface area contributed by atoms with Crippen LogP contribution in [0.2, 0.25) is 5.28 Å². The highest BCUT2D eigenvalue weighted by molar-refractivity contribution is 7.98. The molecule has 0 fully saturated rings. The van der Waals surface area contributed by atoms with E-state index in [-0.39, 0.29) is 5.28 Å². The van der Waals surface area contributed by atoms with E-state index in [1.165, 1.54) is 23.1 Å². The molecule has 3 nitrogen and oxygen atoms in total. The van der Waals surface area contributed by atoms with Crippen LogP contribution < -0.4 is 0 Å². The zero-order valence-corrected chi connectivity index (χ0v) is 8.50. The van der Waals surface area contributed by atoms with E-state index in [4.69, 9.17) is 11.6 Å². The van der Waals surface area contributed by atoms with Crippen molar-refractivity contribution in [2.24, 2.45) is 0 Å². The molecule has 12 heavy (non-hydrogen) atoms. The Morgan fingerprint density at radius 3 is 3.08 bits per heavy atom. The second kappa shape index (κ2) is 3.16. The minimum atomic E-state index is 0.288. The molecule has 0 amide bonds. The fourth-order valence-corrected chi connectivity index (χ4v) is 2.37. The fourth-order valence-electron chi connectivity index (χ4n) is 0.854. The van der Waals surface area contributed by atoms with Crippen LogP contribution in [0.3, 0.4) is 0 Å². The third-order valence-electron chi connectivity index (χ3n) is 1.33. The lowest BCUT2D eigenvalue weighted by atomic mass is 10.6. The van der Waals surface area contributed by atoms with Crippen molar-refractivity contribution in [3.8, 4) is 0 Å². The number of aromatic nitrogens is 3. The quantitative estimate of drug-likeness (QED) is 0.418. The lowest BCUT2D eigenvalue weighted by Gasteiger charge is -1.95. The second-order valence-corrected chi connectivity index (χ2v) is 3.97. The number of thiazole rings is 1. The first-order valence-corrected chi connectivity index (χ1v) is 5.60. The average molecular weight is 218 g/mol. The Hall–Kier alpha value is -0.390. The van der Waals surface area contributed by atoms with E-state index >= 15 is 0 Å². The maximum absolute atomic E-state index is 5.70. The molecule has 0 saturated carbocycles. The van der Waals surface area contributed by atoms with Crippen molar-refractivity contribution in [2.45, 2.75) is 5.03 Å². The molecule has 0 atom stereocenters. The summed E-state index contributed by atoms with van der Waals surface area (Å²) in [6.07, 6.45) is 1.94. The summed E-state index contributed by atoms with van der Waals surface area (Å²) in [5.41, 5.74) is 2.59. The van der Waals surface area contributed by atoms with E-state index in [2.05, 4.69) is 15.0 Å². The van der Waals surface area contributed by atoms with E-state index in [9.17, 15) is 0 Å². The molecule has 6 heteroatoms. The molecule has 0 bridgehead atoms. The molecule has 0 N–H and O–H groups in total. The van der Waals surface area contributed by atoms with Gasteiger partial charge in [0.05, 0.1) is 5.51 Å². The van der Waals surface area contributed by atoms with Crippen LogP contribution in [0.1, 0.15) is 0 Å². The van der Waals surface area contributed by atoms with Crippen LogP contribution in [0.15, 0.2) is 10.5 Å². The molecule has 0 aliphatic heterocycles. The van der Waals surface area contributed by atoms with Crippen LogP contribution in [0.25, 0.3) is 10.3 Å². The Bertz CT molecular complexity index is 414. The Balaban J connectivity index is 2.80. The van der Waals surface area contributed by atoms with Crippen LogP contribution in [0, 0.1) is 0 Å². The van der Waals surface area contributed by atoms with Gasteiger partial charge in [-0.1, -0.05) is 0 Å². The van der Waals surface area contributed by atoms with Gasteiger partial charge < -0.3 is 0 Å². The SMILES string of the molecule is CSc1nc(Cl)nc2scnc12. The second-order valence-electron chi connectivity index (χ2n) is 2.01. The van der Waals surface area contributed by atoms with Crippen molar-refractivity contribution in [3.05, 3.63) is 10.8 Å². The van der Waals surface area contributed by atoms with Crippen molar-refractivity contribution in [2.75, 3.05) is 6.26 Å². The Kier molecular flexibility index (Phi) is 2.16. The summed E-state index contributed by atoms with van der Waals surface area (Å²) >= 11 is 8.70. The number of thioether (sulfide) groups is 1. The summed E-state index contributed by atoms with van der Waals surface area (Å²) in [5.74, 6) is 0. The van der Waals surface area contributed by atoms with Crippen LogP contribution in [0.4, 0.5) is 0 Å². The van der Waals surface area contributed by atoms with Gasteiger partial charge in [0.1, 0.15) is 15.4 Å². The number of halogens is 1. The van der Waals surface area contributed by atoms with Crippen molar-refractivity contribution >= 4 is 45.0 Å². The minimum absolute atomic E-state index is 0.288. The normalized spacial score (nSPS) is 10.8. The van der Waals surface area contributed by atoms with E-state index in [0.29, 0.717) is 0 Å². The summed E-state index contributed by atoms with van der Waals surface area (Å²) < 4.78 is 0. The Morgan fingerprint density at radius 2 is 2.33 bits per heavy atom. The average Bonchev–Trinajstić information content (AvgIpc) is 2.50. The molecule has 0 unspecified atom stereocenters. The highest BCUT2D eigenvalue weighted by Crippen LogP contribution is 2.25. The molecular weight excluding hydrogens is 214 g/mol. The van der Waals surface area contributed by atoms with Gasteiger partial charge in [0.15, 0.2) is 0 Å². The molecule has 0 radical (unpaired) electrons. The van der Waals surface area contributed by atoms with Crippen molar-refractivity contribution < 1.29 is 0 Å². The van der Waals surface area contributed by atoms with Crippen molar-refractivity contribution in [1.29, 1.82) is 0 Å². The zero-order chi connectivity index (χ0) is 8.55.